The molecule has 126 valence electrons. The summed E-state index contributed by atoms with van der Waals surface area (Å²) in [5, 5.41) is 4.52. The third kappa shape index (κ3) is 3.28. The molecular formula is C16H16N2O5S. The summed E-state index contributed by atoms with van der Waals surface area (Å²) in [4.78, 5) is 0. The third-order valence-electron chi connectivity index (χ3n) is 3.45. The Labute approximate surface area is 139 Å². The summed E-state index contributed by atoms with van der Waals surface area (Å²) in [5.41, 5.74) is 1.22. The Bertz CT molecular complexity index is 966. The molecule has 3 rings (SSSR count). The van der Waals surface area contributed by atoms with Gasteiger partial charge >= 0.3 is 0 Å². The normalized spacial score (nSPS) is 11.4. The minimum atomic E-state index is -3.69. The van der Waals surface area contributed by atoms with Crippen LogP contribution in [0.4, 0.5) is 5.69 Å². The number of ether oxygens (including phenoxy) is 2. The summed E-state index contributed by atoms with van der Waals surface area (Å²) in [5.74, 6) is 0.624. The zero-order chi connectivity index (χ0) is 17.2. The van der Waals surface area contributed by atoms with E-state index in [9.17, 15) is 8.42 Å². The summed E-state index contributed by atoms with van der Waals surface area (Å²) in [6, 6.07) is 11.9. The molecule has 0 radical (unpaired) electrons. The molecule has 1 N–H and O–H groups in total. The Morgan fingerprint density at radius 3 is 2.67 bits per heavy atom. The van der Waals surface area contributed by atoms with E-state index < -0.39 is 10.0 Å². The lowest BCUT2D eigenvalue weighted by Gasteiger charge is -2.12. The number of aromatic nitrogens is 1. The van der Waals surface area contributed by atoms with E-state index in [2.05, 4.69) is 9.88 Å². The molecular weight excluding hydrogens is 332 g/mol. The molecule has 0 aliphatic carbocycles. The van der Waals surface area contributed by atoms with Crippen LogP contribution in [0, 0.1) is 0 Å². The van der Waals surface area contributed by atoms with Crippen LogP contribution < -0.4 is 14.2 Å². The van der Waals surface area contributed by atoms with Crippen molar-refractivity contribution in [2.45, 2.75) is 5.75 Å². The summed E-state index contributed by atoms with van der Waals surface area (Å²) >= 11 is 0. The molecule has 1 aromatic heterocycles. The van der Waals surface area contributed by atoms with E-state index in [1.54, 1.807) is 42.5 Å². The molecule has 3 aromatic rings. The van der Waals surface area contributed by atoms with Crippen molar-refractivity contribution in [2.75, 3.05) is 18.9 Å². The van der Waals surface area contributed by atoms with Crippen LogP contribution >= 0.6 is 0 Å². The average Bonchev–Trinajstić information content (AvgIpc) is 2.97. The molecule has 0 aliphatic rings. The van der Waals surface area contributed by atoms with Crippen LogP contribution in [0.2, 0.25) is 0 Å². The standard InChI is InChI=1S/C16H16N2O5S/c1-21-11-7-8-13(16(9-11)22-2)18-24(19,20)10-14-12-5-3-4-6-15(12)23-17-14/h3-9,18H,10H2,1-2H3. The fourth-order valence-electron chi connectivity index (χ4n) is 2.31. The van der Waals surface area contributed by atoms with Crippen LogP contribution in [0.25, 0.3) is 11.0 Å². The number of methoxy groups -OCH3 is 2. The van der Waals surface area contributed by atoms with Gasteiger partial charge in [-0.3, -0.25) is 4.72 Å². The van der Waals surface area contributed by atoms with Crippen LogP contribution in [0.5, 0.6) is 11.5 Å². The molecule has 0 spiro atoms. The van der Waals surface area contributed by atoms with Crippen molar-refractivity contribution >= 4 is 26.7 Å². The van der Waals surface area contributed by atoms with E-state index in [-0.39, 0.29) is 5.75 Å². The van der Waals surface area contributed by atoms with Gasteiger partial charge in [0.1, 0.15) is 22.9 Å². The third-order valence-corrected chi connectivity index (χ3v) is 4.64. The quantitative estimate of drug-likeness (QED) is 0.736. The molecule has 0 amide bonds. The summed E-state index contributed by atoms with van der Waals surface area (Å²) in [6.07, 6.45) is 0. The molecule has 2 aromatic carbocycles. The lowest BCUT2D eigenvalue weighted by atomic mass is 10.2. The highest BCUT2D eigenvalue weighted by Gasteiger charge is 2.19. The molecule has 0 aliphatic heterocycles. The first-order valence-corrected chi connectivity index (χ1v) is 8.73. The predicted molar refractivity (Wildman–Crippen MR) is 89.8 cm³/mol. The highest BCUT2D eigenvalue weighted by atomic mass is 32.2. The Morgan fingerprint density at radius 1 is 1.12 bits per heavy atom. The van der Waals surface area contributed by atoms with Crippen molar-refractivity contribution in [3.05, 3.63) is 48.2 Å². The largest absolute Gasteiger partial charge is 0.497 e. The number of rotatable bonds is 6. The molecule has 0 bridgehead atoms. The number of nitrogens with zero attached hydrogens (tertiary/aromatic N) is 1. The SMILES string of the molecule is COc1ccc(NS(=O)(=O)Cc2noc3ccccc23)c(OC)c1. The Morgan fingerprint density at radius 2 is 1.92 bits per heavy atom. The number of sulfonamides is 1. The highest BCUT2D eigenvalue weighted by molar-refractivity contribution is 7.91. The first-order valence-electron chi connectivity index (χ1n) is 7.08. The molecule has 0 fully saturated rings. The number of para-hydroxylation sites is 1. The molecule has 8 heteroatoms. The molecule has 7 nitrogen and oxygen atoms in total. The average molecular weight is 348 g/mol. The minimum Gasteiger partial charge on any atom is -0.497 e. The van der Waals surface area contributed by atoms with Gasteiger partial charge in [0.05, 0.1) is 19.9 Å². The smallest absolute Gasteiger partial charge is 0.238 e. The number of hydrogen-bond donors (Lipinski definition) is 1. The number of hydrogen-bond acceptors (Lipinski definition) is 6. The maximum atomic E-state index is 12.5. The fraction of sp³-hybridized carbons (Fsp3) is 0.188. The topological polar surface area (TPSA) is 90.7 Å². The summed E-state index contributed by atoms with van der Waals surface area (Å²) < 4.78 is 42.8. The second-order valence-corrected chi connectivity index (χ2v) is 6.78. The molecule has 0 unspecified atom stereocenters. The number of fused-ring (bicyclic) bond motifs is 1. The molecule has 0 atom stereocenters. The number of benzene rings is 2. The zero-order valence-electron chi connectivity index (χ0n) is 13.1. The Balaban J connectivity index is 1.86. The van der Waals surface area contributed by atoms with E-state index >= 15 is 0 Å². The molecule has 1 heterocycles. The van der Waals surface area contributed by atoms with Crippen LogP contribution in [-0.4, -0.2) is 27.8 Å². The lowest BCUT2D eigenvalue weighted by Crippen LogP contribution is -2.16. The number of anilines is 1. The van der Waals surface area contributed by atoms with E-state index in [4.69, 9.17) is 14.0 Å². The van der Waals surface area contributed by atoms with Gasteiger partial charge in [-0.25, -0.2) is 8.42 Å². The van der Waals surface area contributed by atoms with Crippen molar-refractivity contribution in [2.24, 2.45) is 0 Å². The summed E-state index contributed by atoms with van der Waals surface area (Å²) in [7, 11) is -0.716. The van der Waals surface area contributed by atoms with Gasteiger partial charge in [0, 0.05) is 11.5 Å². The van der Waals surface area contributed by atoms with Crippen LogP contribution in [0.15, 0.2) is 47.0 Å². The molecule has 0 saturated heterocycles. The van der Waals surface area contributed by atoms with E-state index in [0.717, 1.165) is 0 Å². The van der Waals surface area contributed by atoms with Crippen LogP contribution in [0.3, 0.4) is 0 Å². The van der Waals surface area contributed by atoms with Gasteiger partial charge in [-0.1, -0.05) is 17.3 Å². The highest BCUT2D eigenvalue weighted by Crippen LogP contribution is 2.30. The van der Waals surface area contributed by atoms with E-state index in [1.165, 1.54) is 14.2 Å². The van der Waals surface area contributed by atoms with Gasteiger partial charge in [0.15, 0.2) is 5.58 Å². The molecule has 0 saturated carbocycles. The van der Waals surface area contributed by atoms with E-state index in [0.29, 0.717) is 33.8 Å². The minimum absolute atomic E-state index is 0.306. The first kappa shape index (κ1) is 16.1. The van der Waals surface area contributed by atoms with Gasteiger partial charge < -0.3 is 14.0 Å². The second kappa shape index (κ2) is 6.40. The van der Waals surface area contributed by atoms with Gasteiger partial charge in [-0.2, -0.15) is 0 Å². The van der Waals surface area contributed by atoms with E-state index in [1.807, 2.05) is 0 Å². The summed E-state index contributed by atoms with van der Waals surface area (Å²) in [6.45, 7) is 0. The fourth-order valence-corrected chi connectivity index (χ4v) is 3.45. The van der Waals surface area contributed by atoms with Gasteiger partial charge in [-0.05, 0) is 24.3 Å². The maximum Gasteiger partial charge on any atom is 0.238 e. The zero-order valence-corrected chi connectivity index (χ0v) is 14.0. The van der Waals surface area contributed by atoms with Crippen LogP contribution in [0.1, 0.15) is 5.69 Å². The van der Waals surface area contributed by atoms with Crippen LogP contribution in [-0.2, 0) is 15.8 Å². The predicted octanol–water partition coefficient (Wildman–Crippen LogP) is 2.79. The van der Waals surface area contributed by atoms with Crippen molar-refractivity contribution in [1.29, 1.82) is 0 Å². The maximum absolute atomic E-state index is 12.5. The Kier molecular flexibility index (Phi) is 4.30. The van der Waals surface area contributed by atoms with Gasteiger partial charge in [-0.15, -0.1) is 0 Å². The lowest BCUT2D eigenvalue weighted by molar-refractivity contribution is 0.395. The van der Waals surface area contributed by atoms with Gasteiger partial charge in [0.2, 0.25) is 10.0 Å². The second-order valence-electron chi connectivity index (χ2n) is 5.05. The van der Waals surface area contributed by atoms with Crippen molar-refractivity contribution in [3.8, 4) is 11.5 Å². The number of nitrogens with one attached hydrogen (secondary N) is 1. The van der Waals surface area contributed by atoms with Gasteiger partial charge in [0.25, 0.3) is 0 Å². The Hall–Kier alpha value is -2.74. The van der Waals surface area contributed by atoms with Crippen molar-refractivity contribution in [1.82, 2.24) is 5.16 Å². The van der Waals surface area contributed by atoms with Crippen molar-refractivity contribution < 1.29 is 22.4 Å². The molecule has 24 heavy (non-hydrogen) atoms. The monoisotopic (exact) mass is 348 g/mol. The van der Waals surface area contributed by atoms with Crippen molar-refractivity contribution in [3.63, 3.8) is 0 Å². The first-order chi connectivity index (χ1) is 11.5.